The molecule has 4 nitrogen and oxygen atoms in total. The van der Waals surface area contributed by atoms with Crippen molar-refractivity contribution < 1.29 is 4.74 Å². The largest absolute Gasteiger partial charge is 0.481 e. The van der Waals surface area contributed by atoms with Crippen LogP contribution < -0.4 is 10.1 Å². The van der Waals surface area contributed by atoms with E-state index >= 15 is 0 Å². The van der Waals surface area contributed by atoms with Gasteiger partial charge in [-0.2, -0.15) is 0 Å². The molecule has 4 heteroatoms. The molecule has 2 aromatic rings. The summed E-state index contributed by atoms with van der Waals surface area (Å²) in [6.45, 7) is 0. The minimum absolute atomic E-state index is 0.614. The number of pyridine rings is 2. The summed E-state index contributed by atoms with van der Waals surface area (Å²) in [7, 11) is 3.45. The molecule has 82 valence electrons. The van der Waals surface area contributed by atoms with Crippen LogP contribution in [0.25, 0.3) is 11.1 Å². The van der Waals surface area contributed by atoms with Gasteiger partial charge in [0.2, 0.25) is 5.88 Å². The normalized spacial score (nSPS) is 9.88. The van der Waals surface area contributed by atoms with Crippen molar-refractivity contribution in [2.24, 2.45) is 0 Å². The average Bonchev–Trinajstić information content (AvgIpc) is 2.39. The van der Waals surface area contributed by atoms with E-state index in [4.69, 9.17) is 4.74 Å². The summed E-state index contributed by atoms with van der Waals surface area (Å²) in [4.78, 5) is 8.40. The Morgan fingerprint density at radius 1 is 1.00 bits per heavy atom. The SMILES string of the molecule is CNc1ccc(-c2ccc(OC)nc2)cn1. The molecule has 0 aromatic carbocycles. The fourth-order valence-corrected chi connectivity index (χ4v) is 1.38. The van der Waals surface area contributed by atoms with E-state index in [-0.39, 0.29) is 0 Å². The molecule has 0 amide bonds. The van der Waals surface area contributed by atoms with Gasteiger partial charge in [-0.1, -0.05) is 0 Å². The molecule has 0 aliphatic carbocycles. The fourth-order valence-electron chi connectivity index (χ4n) is 1.38. The van der Waals surface area contributed by atoms with E-state index in [2.05, 4.69) is 15.3 Å². The zero-order valence-corrected chi connectivity index (χ0v) is 9.27. The molecule has 16 heavy (non-hydrogen) atoms. The maximum absolute atomic E-state index is 5.00. The highest BCUT2D eigenvalue weighted by atomic mass is 16.5. The van der Waals surface area contributed by atoms with E-state index in [1.807, 2.05) is 37.5 Å². The minimum Gasteiger partial charge on any atom is -0.481 e. The lowest BCUT2D eigenvalue weighted by Gasteiger charge is -2.03. The van der Waals surface area contributed by atoms with Crippen molar-refractivity contribution in [3.05, 3.63) is 36.7 Å². The Kier molecular flexibility index (Phi) is 3.00. The molecule has 1 N–H and O–H groups in total. The van der Waals surface area contributed by atoms with Gasteiger partial charge in [0.05, 0.1) is 7.11 Å². The summed E-state index contributed by atoms with van der Waals surface area (Å²) in [5, 5.41) is 2.98. The van der Waals surface area contributed by atoms with E-state index in [1.165, 1.54) is 0 Å². The maximum Gasteiger partial charge on any atom is 0.212 e. The molecule has 2 aromatic heterocycles. The van der Waals surface area contributed by atoms with E-state index in [0.29, 0.717) is 5.88 Å². The highest BCUT2D eigenvalue weighted by Gasteiger charge is 1.99. The predicted octanol–water partition coefficient (Wildman–Crippen LogP) is 2.19. The Morgan fingerprint density at radius 2 is 1.69 bits per heavy atom. The number of hydrogen-bond donors (Lipinski definition) is 1. The zero-order chi connectivity index (χ0) is 11.4. The molecule has 0 aliphatic heterocycles. The van der Waals surface area contributed by atoms with E-state index in [1.54, 1.807) is 13.3 Å². The van der Waals surface area contributed by atoms with Gasteiger partial charge in [0.15, 0.2) is 0 Å². The number of nitrogens with zero attached hydrogens (tertiary/aromatic N) is 2. The van der Waals surface area contributed by atoms with E-state index < -0.39 is 0 Å². The van der Waals surface area contributed by atoms with Crippen LogP contribution in [0.5, 0.6) is 5.88 Å². The molecule has 0 unspecified atom stereocenters. The van der Waals surface area contributed by atoms with Gasteiger partial charge in [-0.05, 0) is 18.2 Å². The van der Waals surface area contributed by atoms with Crippen LogP contribution in [-0.2, 0) is 0 Å². The molecule has 0 fully saturated rings. The number of hydrogen-bond acceptors (Lipinski definition) is 4. The summed E-state index contributed by atoms with van der Waals surface area (Å²) < 4.78 is 5.00. The van der Waals surface area contributed by atoms with Gasteiger partial charge in [0.1, 0.15) is 5.82 Å². The van der Waals surface area contributed by atoms with Crippen LogP contribution in [0.2, 0.25) is 0 Å². The van der Waals surface area contributed by atoms with Crippen LogP contribution >= 0.6 is 0 Å². The molecule has 2 heterocycles. The topological polar surface area (TPSA) is 47.0 Å². The summed E-state index contributed by atoms with van der Waals surface area (Å²) in [6, 6.07) is 7.73. The van der Waals surface area contributed by atoms with Crippen LogP contribution in [0.1, 0.15) is 0 Å². The third-order valence-electron chi connectivity index (χ3n) is 2.30. The molecule has 0 radical (unpaired) electrons. The third kappa shape index (κ3) is 2.11. The first-order chi connectivity index (χ1) is 7.83. The van der Waals surface area contributed by atoms with Gasteiger partial charge in [-0.25, -0.2) is 9.97 Å². The van der Waals surface area contributed by atoms with Gasteiger partial charge >= 0.3 is 0 Å². The number of methoxy groups -OCH3 is 1. The number of nitrogens with one attached hydrogen (secondary N) is 1. The van der Waals surface area contributed by atoms with Gasteiger partial charge < -0.3 is 10.1 Å². The monoisotopic (exact) mass is 215 g/mol. The van der Waals surface area contributed by atoms with Gasteiger partial charge in [0.25, 0.3) is 0 Å². The summed E-state index contributed by atoms with van der Waals surface area (Å²) in [5.74, 6) is 1.47. The minimum atomic E-state index is 0.614. The highest BCUT2D eigenvalue weighted by molar-refractivity contribution is 5.62. The molecule has 0 spiro atoms. The lowest BCUT2D eigenvalue weighted by molar-refractivity contribution is 0.398. The van der Waals surface area contributed by atoms with Gasteiger partial charge in [-0.15, -0.1) is 0 Å². The Labute approximate surface area is 94.3 Å². The highest BCUT2D eigenvalue weighted by Crippen LogP contribution is 2.20. The summed E-state index contributed by atoms with van der Waals surface area (Å²) >= 11 is 0. The lowest BCUT2D eigenvalue weighted by atomic mass is 10.1. The Balaban J connectivity index is 2.28. The maximum atomic E-state index is 5.00. The molecule has 0 saturated heterocycles. The van der Waals surface area contributed by atoms with Crippen LogP contribution in [0.15, 0.2) is 36.7 Å². The molecule has 0 bridgehead atoms. The molecule has 0 aliphatic rings. The summed E-state index contributed by atoms with van der Waals surface area (Å²) in [5.41, 5.74) is 2.06. The van der Waals surface area contributed by atoms with Crippen LogP contribution in [0.4, 0.5) is 5.82 Å². The Morgan fingerprint density at radius 3 is 2.12 bits per heavy atom. The van der Waals surface area contributed by atoms with Crippen LogP contribution in [0.3, 0.4) is 0 Å². The molecular weight excluding hydrogens is 202 g/mol. The Bertz CT molecular complexity index is 405. The van der Waals surface area contributed by atoms with Crippen molar-refractivity contribution in [1.29, 1.82) is 0 Å². The number of ether oxygens (including phenoxy) is 1. The van der Waals surface area contributed by atoms with Crippen molar-refractivity contribution in [3.63, 3.8) is 0 Å². The predicted molar refractivity (Wildman–Crippen MR) is 63.6 cm³/mol. The second kappa shape index (κ2) is 4.61. The quantitative estimate of drug-likeness (QED) is 0.852. The van der Waals surface area contributed by atoms with Crippen LogP contribution in [0, 0.1) is 0 Å². The number of anilines is 1. The average molecular weight is 215 g/mol. The zero-order valence-electron chi connectivity index (χ0n) is 9.27. The fraction of sp³-hybridized carbons (Fsp3) is 0.167. The lowest BCUT2D eigenvalue weighted by Crippen LogP contribution is -1.92. The van der Waals surface area contributed by atoms with Crippen LogP contribution in [-0.4, -0.2) is 24.1 Å². The Hall–Kier alpha value is -2.10. The second-order valence-corrected chi connectivity index (χ2v) is 3.27. The van der Waals surface area contributed by atoms with Crippen molar-refractivity contribution in [2.45, 2.75) is 0 Å². The molecule has 2 rings (SSSR count). The third-order valence-corrected chi connectivity index (χ3v) is 2.30. The van der Waals surface area contributed by atoms with Gasteiger partial charge in [0, 0.05) is 36.6 Å². The van der Waals surface area contributed by atoms with E-state index in [9.17, 15) is 0 Å². The van der Waals surface area contributed by atoms with E-state index in [0.717, 1.165) is 16.9 Å². The smallest absolute Gasteiger partial charge is 0.212 e. The molecular formula is C12H13N3O. The van der Waals surface area contributed by atoms with Gasteiger partial charge in [-0.3, -0.25) is 0 Å². The van der Waals surface area contributed by atoms with Crippen molar-refractivity contribution in [2.75, 3.05) is 19.5 Å². The molecule has 0 atom stereocenters. The van der Waals surface area contributed by atoms with Crippen molar-refractivity contribution >= 4 is 5.82 Å². The van der Waals surface area contributed by atoms with Crippen molar-refractivity contribution in [3.8, 4) is 17.0 Å². The molecule has 0 saturated carbocycles. The number of rotatable bonds is 3. The summed E-state index contributed by atoms with van der Waals surface area (Å²) in [6.07, 6.45) is 3.59. The van der Waals surface area contributed by atoms with Crippen molar-refractivity contribution in [1.82, 2.24) is 9.97 Å². The standard InChI is InChI=1S/C12H13N3O/c1-13-11-5-3-9(7-14-11)10-4-6-12(16-2)15-8-10/h3-8H,1-2H3,(H,13,14). The first kappa shape index (κ1) is 10.4. The first-order valence-corrected chi connectivity index (χ1v) is 4.97. The first-order valence-electron chi connectivity index (χ1n) is 4.97. The number of aromatic nitrogens is 2. The second-order valence-electron chi connectivity index (χ2n) is 3.27.